The van der Waals surface area contributed by atoms with Gasteiger partial charge < -0.3 is 19.5 Å². The maximum absolute atomic E-state index is 12.9. The molecule has 27 heavy (non-hydrogen) atoms. The van der Waals surface area contributed by atoms with Crippen molar-refractivity contribution in [3.63, 3.8) is 0 Å². The number of aliphatic carboxylic acids is 1. The normalized spacial score (nSPS) is 20.7. The number of amides is 1. The van der Waals surface area contributed by atoms with Gasteiger partial charge >= 0.3 is 5.97 Å². The van der Waals surface area contributed by atoms with E-state index in [4.69, 9.17) is 14.6 Å². The maximum atomic E-state index is 12.9. The Morgan fingerprint density at radius 3 is 2.67 bits per heavy atom. The predicted octanol–water partition coefficient (Wildman–Crippen LogP) is 2.37. The minimum Gasteiger partial charge on any atom is -0.482 e. The molecule has 0 unspecified atom stereocenters. The quantitative estimate of drug-likeness (QED) is 0.855. The molecule has 2 atom stereocenters. The number of benzene rings is 1. The molecular formula is C21H29NO5. The molecule has 6 heteroatoms. The Kier molecular flexibility index (Phi) is 6.05. The van der Waals surface area contributed by atoms with Crippen molar-refractivity contribution in [3.8, 4) is 5.75 Å². The number of carboxylic acid groups (broad SMARTS) is 1. The van der Waals surface area contributed by atoms with Crippen LogP contribution in [0.5, 0.6) is 5.75 Å². The van der Waals surface area contributed by atoms with E-state index in [1.807, 2.05) is 24.8 Å². The lowest BCUT2D eigenvalue weighted by atomic mass is 9.74. The number of rotatable bonds is 5. The zero-order valence-corrected chi connectivity index (χ0v) is 16.4. The van der Waals surface area contributed by atoms with Crippen molar-refractivity contribution in [2.24, 2.45) is 11.8 Å². The van der Waals surface area contributed by atoms with Crippen LogP contribution in [0.25, 0.3) is 0 Å². The molecule has 1 aliphatic heterocycles. The van der Waals surface area contributed by atoms with E-state index in [1.54, 1.807) is 0 Å². The number of carbonyl (C=O) groups is 2. The van der Waals surface area contributed by atoms with Crippen molar-refractivity contribution in [2.45, 2.75) is 40.0 Å². The van der Waals surface area contributed by atoms with Gasteiger partial charge in [0, 0.05) is 19.0 Å². The smallest absolute Gasteiger partial charge is 0.341 e. The molecule has 1 heterocycles. The Hall–Kier alpha value is -2.08. The lowest BCUT2D eigenvalue weighted by molar-refractivity contribution is -0.141. The van der Waals surface area contributed by atoms with E-state index in [0.29, 0.717) is 38.0 Å². The molecule has 1 aromatic rings. The van der Waals surface area contributed by atoms with Crippen LogP contribution in [0.2, 0.25) is 0 Å². The van der Waals surface area contributed by atoms with Crippen molar-refractivity contribution in [1.82, 2.24) is 4.90 Å². The fourth-order valence-corrected chi connectivity index (χ4v) is 4.31. The minimum atomic E-state index is -0.979. The van der Waals surface area contributed by atoms with E-state index in [1.165, 1.54) is 11.1 Å². The molecule has 2 aliphatic rings. The molecule has 0 radical (unpaired) electrons. The van der Waals surface area contributed by atoms with Gasteiger partial charge in [0.1, 0.15) is 5.75 Å². The zero-order valence-electron chi connectivity index (χ0n) is 16.4. The third kappa shape index (κ3) is 4.26. The molecule has 1 aromatic carbocycles. The predicted molar refractivity (Wildman–Crippen MR) is 101 cm³/mol. The van der Waals surface area contributed by atoms with Gasteiger partial charge in [0.05, 0.1) is 13.2 Å². The summed E-state index contributed by atoms with van der Waals surface area (Å²) in [4.78, 5) is 25.7. The summed E-state index contributed by atoms with van der Waals surface area (Å²) in [6, 6.07) is 1.94. The Bertz CT molecular complexity index is 724. The highest BCUT2D eigenvalue weighted by Crippen LogP contribution is 2.38. The molecular weight excluding hydrogens is 346 g/mol. The summed E-state index contributed by atoms with van der Waals surface area (Å²) in [6.45, 7) is 8.34. The summed E-state index contributed by atoms with van der Waals surface area (Å²) in [5, 5.41) is 8.90. The molecule has 0 saturated carbocycles. The van der Waals surface area contributed by atoms with Crippen LogP contribution in [-0.2, 0) is 27.2 Å². The van der Waals surface area contributed by atoms with Crippen LogP contribution in [0.1, 0.15) is 35.6 Å². The highest BCUT2D eigenvalue weighted by Gasteiger charge is 2.33. The van der Waals surface area contributed by atoms with Crippen molar-refractivity contribution >= 4 is 11.9 Å². The standard InChI is InChI=1S/C21H29NO5/c1-13-10-19(27-12-20(23)24)15(3)18-11-16(4-5-17(13)18)14(2)21(25)22-6-8-26-9-7-22/h10,14,16H,4-9,11-12H2,1-3H3,(H,23,24)/t14-,16+/m0/s1. The maximum Gasteiger partial charge on any atom is 0.341 e. The van der Waals surface area contributed by atoms with Crippen LogP contribution in [0.3, 0.4) is 0 Å². The van der Waals surface area contributed by atoms with Crippen molar-refractivity contribution in [3.05, 3.63) is 28.3 Å². The summed E-state index contributed by atoms with van der Waals surface area (Å²) in [6.07, 6.45) is 2.79. The van der Waals surface area contributed by atoms with Gasteiger partial charge in [0.15, 0.2) is 6.61 Å². The summed E-state index contributed by atoms with van der Waals surface area (Å²) in [7, 11) is 0. The van der Waals surface area contributed by atoms with E-state index in [9.17, 15) is 9.59 Å². The Morgan fingerprint density at radius 1 is 1.30 bits per heavy atom. The lowest BCUT2D eigenvalue weighted by Gasteiger charge is -2.35. The number of hydrogen-bond acceptors (Lipinski definition) is 4. The molecule has 148 valence electrons. The van der Waals surface area contributed by atoms with Crippen LogP contribution in [-0.4, -0.2) is 54.8 Å². The summed E-state index contributed by atoms with van der Waals surface area (Å²) in [5.74, 6) is 0.147. The summed E-state index contributed by atoms with van der Waals surface area (Å²) < 4.78 is 10.8. The topological polar surface area (TPSA) is 76.1 Å². The van der Waals surface area contributed by atoms with Gasteiger partial charge in [-0.3, -0.25) is 4.79 Å². The van der Waals surface area contributed by atoms with Crippen molar-refractivity contribution in [2.75, 3.05) is 32.9 Å². The van der Waals surface area contributed by atoms with Gasteiger partial charge in [-0.15, -0.1) is 0 Å². The Morgan fingerprint density at radius 2 is 2.00 bits per heavy atom. The molecule has 1 aliphatic carbocycles. The molecule has 1 fully saturated rings. The van der Waals surface area contributed by atoms with Gasteiger partial charge in [-0.2, -0.15) is 0 Å². The number of carboxylic acids is 1. The second-order valence-electron chi connectivity index (χ2n) is 7.69. The average molecular weight is 375 g/mol. The molecule has 6 nitrogen and oxygen atoms in total. The highest BCUT2D eigenvalue weighted by molar-refractivity contribution is 5.79. The fourth-order valence-electron chi connectivity index (χ4n) is 4.31. The first-order valence-electron chi connectivity index (χ1n) is 9.71. The number of morpholine rings is 1. The molecule has 0 aromatic heterocycles. The first-order chi connectivity index (χ1) is 12.9. The second-order valence-corrected chi connectivity index (χ2v) is 7.69. The monoisotopic (exact) mass is 375 g/mol. The molecule has 1 saturated heterocycles. The number of ether oxygens (including phenoxy) is 2. The Balaban J connectivity index is 1.77. The fraction of sp³-hybridized carbons (Fsp3) is 0.619. The number of fused-ring (bicyclic) bond motifs is 1. The van der Waals surface area contributed by atoms with E-state index >= 15 is 0 Å². The van der Waals surface area contributed by atoms with Crippen LogP contribution in [0, 0.1) is 25.7 Å². The van der Waals surface area contributed by atoms with E-state index in [0.717, 1.165) is 30.4 Å². The van der Waals surface area contributed by atoms with E-state index < -0.39 is 5.97 Å². The van der Waals surface area contributed by atoms with Gasteiger partial charge in [-0.25, -0.2) is 4.79 Å². The summed E-state index contributed by atoms with van der Waals surface area (Å²) >= 11 is 0. The van der Waals surface area contributed by atoms with Crippen molar-refractivity contribution < 1.29 is 24.2 Å². The van der Waals surface area contributed by atoms with Gasteiger partial charge in [0.2, 0.25) is 5.91 Å². The third-order valence-corrected chi connectivity index (χ3v) is 6.01. The third-order valence-electron chi connectivity index (χ3n) is 6.01. The summed E-state index contributed by atoms with van der Waals surface area (Å²) in [5.41, 5.74) is 4.71. The minimum absolute atomic E-state index is 0.0282. The number of aryl methyl sites for hydroxylation is 1. The Labute approximate surface area is 160 Å². The first-order valence-corrected chi connectivity index (χ1v) is 9.71. The van der Waals surface area contributed by atoms with Crippen LogP contribution in [0.15, 0.2) is 6.07 Å². The van der Waals surface area contributed by atoms with Crippen LogP contribution >= 0.6 is 0 Å². The largest absolute Gasteiger partial charge is 0.482 e. The van der Waals surface area contributed by atoms with E-state index in [-0.39, 0.29) is 18.4 Å². The second kappa shape index (κ2) is 8.30. The number of hydrogen-bond donors (Lipinski definition) is 1. The lowest BCUT2D eigenvalue weighted by Crippen LogP contribution is -2.45. The van der Waals surface area contributed by atoms with Crippen LogP contribution < -0.4 is 4.74 Å². The van der Waals surface area contributed by atoms with Gasteiger partial charge in [-0.1, -0.05) is 6.92 Å². The number of nitrogens with zero attached hydrogens (tertiary/aromatic N) is 1. The van der Waals surface area contributed by atoms with Gasteiger partial charge in [0.25, 0.3) is 0 Å². The van der Waals surface area contributed by atoms with Gasteiger partial charge in [-0.05, 0) is 67.3 Å². The molecule has 1 N–H and O–H groups in total. The van der Waals surface area contributed by atoms with Crippen molar-refractivity contribution in [1.29, 1.82) is 0 Å². The SMILES string of the molecule is Cc1cc(OCC(=O)O)c(C)c2c1CC[C@@H]([C@H](C)C(=O)N1CCOCC1)C2. The zero-order chi connectivity index (χ0) is 19.6. The average Bonchev–Trinajstić information content (AvgIpc) is 2.68. The highest BCUT2D eigenvalue weighted by atomic mass is 16.5. The molecule has 1 amide bonds. The molecule has 0 spiro atoms. The number of carbonyl (C=O) groups excluding carboxylic acids is 1. The first kappa shape index (κ1) is 19.7. The van der Waals surface area contributed by atoms with Crippen LogP contribution in [0.4, 0.5) is 0 Å². The molecule has 3 rings (SSSR count). The van der Waals surface area contributed by atoms with E-state index in [2.05, 4.69) is 6.92 Å². The molecule has 0 bridgehead atoms.